The molecule has 0 saturated carbocycles. The van der Waals surface area contributed by atoms with E-state index >= 15 is 0 Å². The van der Waals surface area contributed by atoms with Gasteiger partial charge in [-0.2, -0.15) is 36.5 Å². The van der Waals surface area contributed by atoms with Crippen molar-refractivity contribution in [2.45, 2.75) is 51.5 Å². The number of carbonyl (C=O) groups is 1. The summed E-state index contributed by atoms with van der Waals surface area (Å²) >= 11 is 0. The number of anilines is 1. The van der Waals surface area contributed by atoms with Crippen LogP contribution in [0.4, 0.5) is 32.0 Å². The Labute approximate surface area is 171 Å². The highest BCUT2D eigenvalue weighted by Crippen LogP contribution is 2.36. The summed E-state index contributed by atoms with van der Waals surface area (Å²) < 4.78 is 81.4. The van der Waals surface area contributed by atoms with Crippen LogP contribution in [0.1, 0.15) is 41.2 Å². The first-order valence-corrected chi connectivity index (χ1v) is 9.33. The van der Waals surface area contributed by atoms with Gasteiger partial charge in [-0.3, -0.25) is 9.48 Å². The van der Waals surface area contributed by atoms with Crippen molar-refractivity contribution in [2.75, 3.05) is 5.32 Å². The van der Waals surface area contributed by atoms with Crippen molar-refractivity contribution in [3.63, 3.8) is 0 Å². The zero-order valence-electron chi connectivity index (χ0n) is 16.1. The molecule has 31 heavy (non-hydrogen) atoms. The quantitative estimate of drug-likeness (QED) is 0.622. The number of halogens is 6. The number of nitrogens with zero attached hydrogens (tertiary/aromatic N) is 5. The Morgan fingerprint density at radius 3 is 2.48 bits per heavy atom. The maximum absolute atomic E-state index is 13.3. The second kappa shape index (κ2) is 7.24. The Hall–Kier alpha value is -3.12. The number of alkyl halides is 6. The minimum absolute atomic E-state index is 0.0164. The Balaban J connectivity index is 1.66. The maximum atomic E-state index is 13.3. The van der Waals surface area contributed by atoms with Gasteiger partial charge in [-0.25, -0.2) is 9.50 Å². The Morgan fingerprint density at radius 1 is 1.10 bits per heavy atom. The molecule has 0 aromatic carbocycles. The van der Waals surface area contributed by atoms with Crippen LogP contribution in [-0.4, -0.2) is 30.3 Å². The van der Waals surface area contributed by atoms with E-state index in [0.29, 0.717) is 31.0 Å². The fourth-order valence-electron chi connectivity index (χ4n) is 3.69. The molecule has 0 unspecified atom stereocenters. The number of amides is 1. The van der Waals surface area contributed by atoms with Gasteiger partial charge in [-0.15, -0.1) is 0 Å². The van der Waals surface area contributed by atoms with Crippen LogP contribution in [0.15, 0.2) is 12.3 Å². The molecule has 1 N–H and O–H groups in total. The molecular weight excluding hydrogens is 430 g/mol. The molecule has 1 aliphatic carbocycles. The maximum Gasteiger partial charge on any atom is 0.435 e. The second-order valence-corrected chi connectivity index (χ2v) is 7.25. The van der Waals surface area contributed by atoms with Gasteiger partial charge in [0.2, 0.25) is 5.91 Å². The molecule has 0 fully saturated rings. The first kappa shape index (κ1) is 21.1. The van der Waals surface area contributed by atoms with Crippen LogP contribution in [-0.2, 0) is 36.5 Å². The summed E-state index contributed by atoms with van der Waals surface area (Å²) in [7, 11) is 0. The summed E-state index contributed by atoms with van der Waals surface area (Å²) in [5, 5.41) is 9.73. The van der Waals surface area contributed by atoms with Gasteiger partial charge in [0.1, 0.15) is 12.4 Å². The van der Waals surface area contributed by atoms with E-state index in [0.717, 1.165) is 15.4 Å². The second-order valence-electron chi connectivity index (χ2n) is 7.25. The predicted octanol–water partition coefficient (Wildman–Crippen LogP) is 3.79. The minimum atomic E-state index is -4.70. The third kappa shape index (κ3) is 4.08. The number of aromatic nitrogens is 5. The van der Waals surface area contributed by atoms with E-state index in [-0.39, 0.29) is 29.1 Å². The number of hydrogen-bond donors (Lipinski definition) is 1. The fraction of sp³-hybridized carbons (Fsp3) is 0.444. The van der Waals surface area contributed by atoms with Crippen LogP contribution in [0, 0.1) is 6.92 Å². The van der Waals surface area contributed by atoms with E-state index in [1.54, 1.807) is 0 Å². The topological polar surface area (TPSA) is 77.1 Å². The van der Waals surface area contributed by atoms with Crippen molar-refractivity contribution in [2.24, 2.45) is 0 Å². The number of hydrogen-bond acceptors (Lipinski definition) is 4. The third-order valence-corrected chi connectivity index (χ3v) is 4.96. The van der Waals surface area contributed by atoms with Crippen LogP contribution < -0.4 is 5.32 Å². The van der Waals surface area contributed by atoms with Gasteiger partial charge in [-0.05, 0) is 38.7 Å². The van der Waals surface area contributed by atoms with Gasteiger partial charge in [0.15, 0.2) is 11.3 Å². The first-order valence-electron chi connectivity index (χ1n) is 9.33. The fourth-order valence-corrected chi connectivity index (χ4v) is 3.69. The molecule has 4 rings (SSSR count). The number of rotatable bonds is 3. The highest BCUT2D eigenvalue weighted by molar-refractivity contribution is 5.94. The molecular formula is C18H16F6N6O. The van der Waals surface area contributed by atoms with Crippen molar-refractivity contribution in [1.82, 2.24) is 24.4 Å². The van der Waals surface area contributed by atoms with E-state index in [2.05, 4.69) is 20.5 Å². The Morgan fingerprint density at radius 2 is 1.81 bits per heavy atom. The number of carbonyl (C=O) groups excluding carboxylic acids is 1. The summed E-state index contributed by atoms with van der Waals surface area (Å²) in [6.45, 7) is 0.897. The van der Waals surface area contributed by atoms with Gasteiger partial charge >= 0.3 is 12.4 Å². The molecule has 0 atom stereocenters. The predicted molar refractivity (Wildman–Crippen MR) is 95.2 cm³/mol. The standard InChI is InChI=1S/C18H16F6N6O/c1-9-25-16-12(6-10(17(19,20)21)7-30(16)27-9)26-14(31)8-29-13-5-3-2-4-11(13)15(28-29)18(22,23)24/h6-7H,2-5,8H2,1H3,(H,26,31). The molecule has 3 aromatic rings. The van der Waals surface area contributed by atoms with E-state index in [1.165, 1.54) is 6.92 Å². The lowest BCUT2D eigenvalue weighted by Gasteiger charge is -2.15. The zero-order valence-corrected chi connectivity index (χ0v) is 16.1. The van der Waals surface area contributed by atoms with Gasteiger partial charge in [-0.1, -0.05) is 0 Å². The summed E-state index contributed by atoms with van der Waals surface area (Å²) in [6.07, 6.45) is -6.83. The number of aryl methyl sites for hydroxylation is 1. The lowest BCUT2D eigenvalue weighted by atomic mass is 9.95. The van der Waals surface area contributed by atoms with E-state index in [9.17, 15) is 31.1 Å². The Bertz CT molecular complexity index is 1160. The highest BCUT2D eigenvalue weighted by atomic mass is 19.4. The lowest BCUT2D eigenvalue weighted by Crippen LogP contribution is -2.22. The molecule has 0 radical (unpaired) electrons. The number of pyridine rings is 1. The van der Waals surface area contributed by atoms with Crippen molar-refractivity contribution >= 4 is 17.2 Å². The number of fused-ring (bicyclic) bond motifs is 2. The van der Waals surface area contributed by atoms with Gasteiger partial charge in [0.25, 0.3) is 0 Å². The lowest BCUT2D eigenvalue weighted by molar-refractivity contribution is -0.142. The van der Waals surface area contributed by atoms with Gasteiger partial charge < -0.3 is 5.32 Å². The van der Waals surface area contributed by atoms with Crippen molar-refractivity contribution in [3.8, 4) is 0 Å². The van der Waals surface area contributed by atoms with Crippen LogP contribution in [0.25, 0.3) is 5.65 Å². The average Bonchev–Trinajstić information content (AvgIpc) is 3.21. The highest BCUT2D eigenvalue weighted by Gasteiger charge is 2.39. The van der Waals surface area contributed by atoms with E-state index in [4.69, 9.17) is 0 Å². The summed E-state index contributed by atoms with van der Waals surface area (Å²) in [6, 6.07) is 0.709. The van der Waals surface area contributed by atoms with Crippen LogP contribution in [0.5, 0.6) is 0 Å². The Kier molecular flexibility index (Phi) is 4.93. The summed E-state index contributed by atoms with van der Waals surface area (Å²) in [5.74, 6) is -0.641. The molecule has 0 bridgehead atoms. The third-order valence-electron chi connectivity index (χ3n) is 4.96. The number of nitrogens with one attached hydrogen (secondary N) is 1. The van der Waals surface area contributed by atoms with Crippen LogP contribution in [0.2, 0.25) is 0 Å². The first-order chi connectivity index (χ1) is 14.4. The molecule has 0 spiro atoms. The molecule has 13 heteroatoms. The molecule has 7 nitrogen and oxygen atoms in total. The monoisotopic (exact) mass is 446 g/mol. The molecule has 1 amide bonds. The molecule has 3 aromatic heterocycles. The van der Waals surface area contributed by atoms with Crippen molar-refractivity contribution in [1.29, 1.82) is 0 Å². The van der Waals surface area contributed by atoms with Crippen molar-refractivity contribution in [3.05, 3.63) is 40.6 Å². The van der Waals surface area contributed by atoms with Gasteiger partial charge in [0.05, 0.1) is 11.3 Å². The van der Waals surface area contributed by atoms with E-state index in [1.807, 2.05) is 0 Å². The van der Waals surface area contributed by atoms with E-state index < -0.39 is 36.1 Å². The van der Waals surface area contributed by atoms with Crippen molar-refractivity contribution < 1.29 is 31.1 Å². The summed E-state index contributed by atoms with van der Waals surface area (Å²) in [4.78, 5) is 16.5. The minimum Gasteiger partial charge on any atom is -0.321 e. The molecule has 0 saturated heterocycles. The molecule has 0 aliphatic heterocycles. The van der Waals surface area contributed by atoms with Gasteiger partial charge in [0, 0.05) is 17.5 Å². The molecule has 3 heterocycles. The van der Waals surface area contributed by atoms with Crippen LogP contribution in [0.3, 0.4) is 0 Å². The normalized spacial score (nSPS) is 14.7. The molecule has 1 aliphatic rings. The zero-order chi connectivity index (χ0) is 22.6. The largest absolute Gasteiger partial charge is 0.435 e. The smallest absolute Gasteiger partial charge is 0.321 e. The SMILES string of the molecule is Cc1nc2c(NC(=O)Cn3nc(C(F)(F)F)c4c3CCCC4)cc(C(F)(F)F)cn2n1. The van der Waals surface area contributed by atoms with Crippen LogP contribution >= 0.6 is 0 Å². The summed E-state index contributed by atoms with van der Waals surface area (Å²) in [5.41, 5.74) is -1.96. The average molecular weight is 446 g/mol. The molecule has 166 valence electrons.